The highest BCUT2D eigenvalue weighted by Gasteiger charge is 2.43. The van der Waals surface area contributed by atoms with Crippen molar-refractivity contribution in [3.8, 4) is 11.1 Å². The third-order valence-electron chi connectivity index (χ3n) is 6.64. The van der Waals surface area contributed by atoms with E-state index >= 15 is 0 Å². The predicted molar refractivity (Wildman–Crippen MR) is 129 cm³/mol. The lowest BCUT2D eigenvalue weighted by molar-refractivity contribution is 0.451. The van der Waals surface area contributed by atoms with Crippen LogP contribution in [0.5, 0.6) is 0 Å². The van der Waals surface area contributed by atoms with E-state index in [4.69, 9.17) is 0 Å². The van der Waals surface area contributed by atoms with Gasteiger partial charge >= 0.3 is 0 Å². The molecule has 0 N–H and O–H groups in total. The Morgan fingerprint density at radius 2 is 1.07 bits per heavy atom. The zero-order valence-corrected chi connectivity index (χ0v) is 19.4. The Labute approximate surface area is 178 Å². The maximum atomic E-state index is 4.04. The van der Waals surface area contributed by atoms with E-state index in [1.807, 2.05) is 0 Å². The van der Waals surface area contributed by atoms with Crippen molar-refractivity contribution in [1.82, 2.24) is 0 Å². The molecule has 1 aliphatic carbocycles. The molecule has 0 saturated carbocycles. The largest absolute Gasteiger partial charge is 0.103 e. The lowest BCUT2D eigenvalue weighted by Crippen LogP contribution is -2.26. The maximum Gasteiger partial charge on any atom is 0.0221 e. The van der Waals surface area contributed by atoms with Crippen molar-refractivity contribution in [2.75, 3.05) is 0 Å². The molecule has 0 aromatic heterocycles. The van der Waals surface area contributed by atoms with E-state index in [1.54, 1.807) is 0 Å². The zero-order valence-electron chi connectivity index (χ0n) is 19.4. The van der Waals surface area contributed by atoms with Crippen LogP contribution in [0.15, 0.2) is 61.7 Å². The van der Waals surface area contributed by atoms with Crippen LogP contribution in [0.1, 0.15) is 89.5 Å². The average molecular weight is 387 g/mol. The molecule has 0 nitrogen and oxygen atoms in total. The first-order valence-electron chi connectivity index (χ1n) is 11.1. The van der Waals surface area contributed by atoms with Gasteiger partial charge in [0.25, 0.3) is 0 Å². The Morgan fingerprint density at radius 1 is 0.690 bits per heavy atom. The molecular formula is C29H38. The standard InChI is InChI=1S/C29H38/c1-9-11-17-29(18-12-10-2)25-19-21(27(3,4)5)13-15-23(25)24-16-14-22(20-26(24)29)28(6,7)8/h9-10,13-16,19-20H,1-2,11-12,17-18H2,3-8H3. The molecule has 0 unspecified atom stereocenters. The van der Waals surface area contributed by atoms with Crippen LogP contribution in [-0.4, -0.2) is 0 Å². The van der Waals surface area contributed by atoms with Gasteiger partial charge in [-0.05, 0) is 69.9 Å². The van der Waals surface area contributed by atoms with Crippen LogP contribution in [-0.2, 0) is 16.2 Å². The quantitative estimate of drug-likeness (QED) is 0.437. The topological polar surface area (TPSA) is 0 Å². The monoisotopic (exact) mass is 386 g/mol. The van der Waals surface area contributed by atoms with Crippen LogP contribution in [0.25, 0.3) is 11.1 Å². The number of rotatable bonds is 6. The fourth-order valence-electron chi connectivity index (χ4n) is 4.79. The van der Waals surface area contributed by atoms with Gasteiger partial charge in [0, 0.05) is 5.41 Å². The van der Waals surface area contributed by atoms with Crippen LogP contribution in [0, 0.1) is 0 Å². The normalized spacial score (nSPS) is 15.0. The highest BCUT2D eigenvalue weighted by atomic mass is 14.5. The van der Waals surface area contributed by atoms with Gasteiger partial charge in [-0.15, -0.1) is 13.2 Å². The minimum absolute atomic E-state index is 0.0373. The Kier molecular flexibility index (Phi) is 5.69. The summed E-state index contributed by atoms with van der Waals surface area (Å²) >= 11 is 0. The van der Waals surface area contributed by atoms with Gasteiger partial charge in [-0.3, -0.25) is 0 Å². The van der Waals surface area contributed by atoms with Crippen LogP contribution < -0.4 is 0 Å². The Hall–Kier alpha value is -2.08. The van der Waals surface area contributed by atoms with Crippen molar-refractivity contribution in [2.45, 2.75) is 83.5 Å². The molecule has 1 aliphatic rings. The summed E-state index contributed by atoms with van der Waals surface area (Å²) in [5.74, 6) is 0. The SMILES string of the molecule is C=CCCC1(CCC=C)c2cc(C(C)(C)C)ccc2-c2ccc(C(C)(C)C)cc21. The van der Waals surface area contributed by atoms with Crippen molar-refractivity contribution >= 4 is 0 Å². The van der Waals surface area contributed by atoms with Gasteiger partial charge in [0.1, 0.15) is 0 Å². The van der Waals surface area contributed by atoms with E-state index in [0.29, 0.717) is 0 Å². The zero-order chi connectivity index (χ0) is 21.4. The lowest BCUT2D eigenvalue weighted by Gasteiger charge is -2.34. The molecule has 2 aromatic carbocycles. The van der Waals surface area contributed by atoms with Gasteiger partial charge < -0.3 is 0 Å². The fraction of sp³-hybridized carbons (Fsp3) is 0.448. The second-order valence-corrected chi connectivity index (χ2v) is 10.8. The lowest BCUT2D eigenvalue weighted by atomic mass is 9.69. The fourth-order valence-corrected chi connectivity index (χ4v) is 4.79. The minimum atomic E-state index is 0.0373. The van der Waals surface area contributed by atoms with Crippen LogP contribution in [0.4, 0.5) is 0 Å². The minimum Gasteiger partial charge on any atom is -0.103 e. The van der Waals surface area contributed by atoms with Crippen molar-refractivity contribution in [3.05, 3.63) is 84.0 Å². The summed E-state index contributed by atoms with van der Waals surface area (Å²) in [6.45, 7) is 21.9. The summed E-state index contributed by atoms with van der Waals surface area (Å²) in [6.07, 6.45) is 8.41. The second-order valence-electron chi connectivity index (χ2n) is 10.8. The number of benzene rings is 2. The molecule has 0 heteroatoms. The molecule has 0 atom stereocenters. The van der Waals surface area contributed by atoms with E-state index < -0.39 is 0 Å². The summed E-state index contributed by atoms with van der Waals surface area (Å²) < 4.78 is 0. The Bertz CT molecular complexity index is 835. The molecule has 0 fully saturated rings. The van der Waals surface area contributed by atoms with Crippen molar-refractivity contribution in [3.63, 3.8) is 0 Å². The first-order chi connectivity index (χ1) is 13.5. The number of hydrogen-bond acceptors (Lipinski definition) is 0. The van der Waals surface area contributed by atoms with E-state index in [1.165, 1.54) is 33.4 Å². The van der Waals surface area contributed by atoms with E-state index in [-0.39, 0.29) is 16.2 Å². The molecule has 3 rings (SSSR count). The maximum absolute atomic E-state index is 4.04. The Morgan fingerprint density at radius 3 is 1.38 bits per heavy atom. The number of allylic oxidation sites excluding steroid dienone is 2. The van der Waals surface area contributed by atoms with E-state index in [9.17, 15) is 0 Å². The smallest absolute Gasteiger partial charge is 0.0221 e. The Balaban J connectivity index is 2.31. The van der Waals surface area contributed by atoms with Crippen molar-refractivity contribution in [1.29, 1.82) is 0 Å². The van der Waals surface area contributed by atoms with Crippen LogP contribution >= 0.6 is 0 Å². The molecule has 0 saturated heterocycles. The van der Waals surface area contributed by atoms with Crippen molar-refractivity contribution < 1.29 is 0 Å². The molecule has 0 aliphatic heterocycles. The third kappa shape index (κ3) is 3.87. The molecule has 2 aromatic rings. The van der Waals surface area contributed by atoms with Gasteiger partial charge in [0.15, 0.2) is 0 Å². The van der Waals surface area contributed by atoms with Gasteiger partial charge in [-0.25, -0.2) is 0 Å². The molecule has 0 spiro atoms. The first kappa shape index (κ1) is 21.6. The highest BCUT2D eigenvalue weighted by molar-refractivity contribution is 5.82. The van der Waals surface area contributed by atoms with Gasteiger partial charge in [0.2, 0.25) is 0 Å². The summed E-state index contributed by atoms with van der Waals surface area (Å²) in [6, 6.07) is 14.4. The third-order valence-corrected chi connectivity index (χ3v) is 6.64. The van der Waals surface area contributed by atoms with Crippen LogP contribution in [0.3, 0.4) is 0 Å². The molecule has 0 radical (unpaired) electrons. The predicted octanol–water partition coefficient (Wildman–Crippen LogP) is 8.48. The van der Waals surface area contributed by atoms with E-state index in [2.05, 4.69) is 103 Å². The van der Waals surface area contributed by atoms with Crippen molar-refractivity contribution in [2.24, 2.45) is 0 Å². The average Bonchev–Trinajstić information content (AvgIpc) is 2.92. The van der Waals surface area contributed by atoms with Gasteiger partial charge in [-0.1, -0.05) is 90.1 Å². The second kappa shape index (κ2) is 7.63. The summed E-state index contributed by atoms with van der Waals surface area (Å²) in [5.41, 5.74) is 9.01. The van der Waals surface area contributed by atoms with Gasteiger partial charge in [0.05, 0.1) is 0 Å². The first-order valence-corrected chi connectivity index (χ1v) is 11.1. The molecule has 29 heavy (non-hydrogen) atoms. The molecule has 154 valence electrons. The molecular weight excluding hydrogens is 348 g/mol. The van der Waals surface area contributed by atoms with Crippen LogP contribution in [0.2, 0.25) is 0 Å². The molecule has 0 heterocycles. The number of hydrogen-bond donors (Lipinski definition) is 0. The molecule has 0 amide bonds. The highest BCUT2D eigenvalue weighted by Crippen LogP contribution is 2.55. The summed E-state index contributed by atoms with van der Waals surface area (Å²) in [5, 5.41) is 0. The summed E-state index contributed by atoms with van der Waals surface area (Å²) in [7, 11) is 0. The van der Waals surface area contributed by atoms with Gasteiger partial charge in [-0.2, -0.15) is 0 Å². The molecule has 0 bridgehead atoms. The number of fused-ring (bicyclic) bond motifs is 3. The summed E-state index contributed by atoms with van der Waals surface area (Å²) in [4.78, 5) is 0. The van der Waals surface area contributed by atoms with E-state index in [0.717, 1.165) is 25.7 Å².